The Bertz CT molecular complexity index is 534. The highest BCUT2D eigenvalue weighted by Crippen LogP contribution is 2.23. The van der Waals surface area contributed by atoms with E-state index >= 15 is 0 Å². The minimum atomic E-state index is 0.0149. The highest BCUT2D eigenvalue weighted by Gasteiger charge is 2.17. The molecule has 4 nitrogen and oxygen atoms in total. The van der Waals surface area contributed by atoms with Gasteiger partial charge in [0.15, 0.2) is 0 Å². The molecule has 0 spiro atoms. The SMILES string of the molecule is O=C1CCN(C(=O)CCCc2ccc(Cl)c(Cl)c2)CCN1. The first-order valence-corrected chi connectivity index (χ1v) is 7.80. The number of rotatable bonds is 4. The molecule has 1 fully saturated rings. The van der Waals surface area contributed by atoms with Gasteiger partial charge in [0.05, 0.1) is 10.0 Å². The van der Waals surface area contributed by atoms with Crippen molar-refractivity contribution in [2.75, 3.05) is 19.6 Å². The molecule has 0 radical (unpaired) electrons. The van der Waals surface area contributed by atoms with Crippen LogP contribution >= 0.6 is 23.2 Å². The standard InChI is InChI=1S/C15H18Cl2N2O2/c16-12-5-4-11(10-13(12)17)2-1-3-15(21)19-8-6-14(20)18-7-9-19/h4-5,10H,1-3,6-9H2,(H,18,20). The number of hydrogen-bond acceptors (Lipinski definition) is 2. The van der Waals surface area contributed by atoms with E-state index in [1.54, 1.807) is 11.0 Å². The van der Waals surface area contributed by atoms with E-state index in [0.717, 1.165) is 18.4 Å². The van der Waals surface area contributed by atoms with Crippen molar-refractivity contribution in [3.8, 4) is 0 Å². The lowest BCUT2D eigenvalue weighted by Crippen LogP contribution is -2.34. The Kier molecular flexibility index (Phi) is 5.88. The first kappa shape index (κ1) is 16.1. The molecule has 0 bridgehead atoms. The van der Waals surface area contributed by atoms with Crippen LogP contribution in [0.4, 0.5) is 0 Å². The van der Waals surface area contributed by atoms with Gasteiger partial charge in [0.1, 0.15) is 0 Å². The number of halogens is 2. The third-order valence-corrected chi connectivity index (χ3v) is 4.24. The van der Waals surface area contributed by atoms with E-state index in [0.29, 0.717) is 42.5 Å². The average molecular weight is 329 g/mol. The van der Waals surface area contributed by atoms with Gasteiger partial charge in [-0.05, 0) is 30.5 Å². The van der Waals surface area contributed by atoms with Gasteiger partial charge in [0.25, 0.3) is 0 Å². The summed E-state index contributed by atoms with van der Waals surface area (Å²) in [5.41, 5.74) is 1.07. The van der Waals surface area contributed by atoms with Crippen LogP contribution in [0.15, 0.2) is 18.2 Å². The van der Waals surface area contributed by atoms with Crippen LogP contribution in [0.25, 0.3) is 0 Å². The number of benzene rings is 1. The number of carbonyl (C=O) groups excluding carboxylic acids is 2. The van der Waals surface area contributed by atoms with Gasteiger partial charge in [-0.15, -0.1) is 0 Å². The van der Waals surface area contributed by atoms with Gasteiger partial charge in [-0.3, -0.25) is 9.59 Å². The number of nitrogens with zero attached hydrogens (tertiary/aromatic N) is 1. The Morgan fingerprint density at radius 1 is 1.24 bits per heavy atom. The molecule has 21 heavy (non-hydrogen) atoms. The normalized spacial score (nSPS) is 15.5. The highest BCUT2D eigenvalue weighted by molar-refractivity contribution is 6.42. The summed E-state index contributed by atoms with van der Waals surface area (Å²) in [4.78, 5) is 25.1. The second-order valence-electron chi connectivity index (χ2n) is 5.08. The molecule has 6 heteroatoms. The van der Waals surface area contributed by atoms with E-state index in [1.165, 1.54) is 0 Å². The molecule has 2 rings (SSSR count). The molecule has 1 aliphatic heterocycles. The molecule has 0 saturated carbocycles. The Balaban J connectivity index is 1.78. The van der Waals surface area contributed by atoms with E-state index in [2.05, 4.69) is 5.32 Å². The number of amides is 2. The van der Waals surface area contributed by atoms with Gasteiger partial charge in [-0.2, -0.15) is 0 Å². The minimum absolute atomic E-state index is 0.0149. The molecule has 0 unspecified atom stereocenters. The fourth-order valence-electron chi connectivity index (χ4n) is 2.31. The van der Waals surface area contributed by atoms with Crippen LogP contribution in [0, 0.1) is 0 Å². The topological polar surface area (TPSA) is 49.4 Å². The molecule has 0 atom stereocenters. The Morgan fingerprint density at radius 2 is 2.05 bits per heavy atom. The van der Waals surface area contributed by atoms with E-state index in [-0.39, 0.29) is 11.8 Å². The Labute approximate surface area is 134 Å². The molecule has 1 aliphatic rings. The molecule has 1 aromatic rings. The minimum Gasteiger partial charge on any atom is -0.354 e. The summed E-state index contributed by atoms with van der Waals surface area (Å²) in [6.07, 6.45) is 2.41. The maximum absolute atomic E-state index is 12.1. The number of hydrogen-bond donors (Lipinski definition) is 1. The molecule has 2 amide bonds. The molecule has 114 valence electrons. The summed E-state index contributed by atoms with van der Waals surface area (Å²) in [6.45, 7) is 1.64. The van der Waals surface area contributed by atoms with Gasteiger partial charge in [-0.1, -0.05) is 29.3 Å². The van der Waals surface area contributed by atoms with Crippen molar-refractivity contribution in [1.82, 2.24) is 10.2 Å². The van der Waals surface area contributed by atoms with Crippen LogP contribution in [-0.2, 0) is 16.0 Å². The van der Waals surface area contributed by atoms with Gasteiger partial charge >= 0.3 is 0 Å². The largest absolute Gasteiger partial charge is 0.354 e. The van der Waals surface area contributed by atoms with E-state index in [4.69, 9.17) is 23.2 Å². The predicted molar refractivity (Wildman–Crippen MR) is 83.6 cm³/mol. The lowest BCUT2D eigenvalue weighted by Gasteiger charge is -2.19. The van der Waals surface area contributed by atoms with Crippen molar-refractivity contribution >= 4 is 35.0 Å². The maximum atomic E-state index is 12.1. The molecule has 1 aromatic carbocycles. The molecule has 1 saturated heterocycles. The highest BCUT2D eigenvalue weighted by atomic mass is 35.5. The smallest absolute Gasteiger partial charge is 0.222 e. The van der Waals surface area contributed by atoms with E-state index < -0.39 is 0 Å². The number of nitrogens with one attached hydrogen (secondary N) is 1. The molecular weight excluding hydrogens is 311 g/mol. The number of carbonyl (C=O) groups is 2. The van der Waals surface area contributed by atoms with Gasteiger partial charge in [0.2, 0.25) is 11.8 Å². The molecule has 0 aliphatic carbocycles. The summed E-state index contributed by atoms with van der Waals surface area (Å²) in [6, 6.07) is 5.53. The zero-order valence-electron chi connectivity index (χ0n) is 11.7. The van der Waals surface area contributed by atoms with Gasteiger partial charge in [0, 0.05) is 32.5 Å². The van der Waals surface area contributed by atoms with Crippen molar-refractivity contribution in [2.45, 2.75) is 25.7 Å². The van der Waals surface area contributed by atoms with Crippen LogP contribution < -0.4 is 5.32 Å². The zero-order valence-corrected chi connectivity index (χ0v) is 13.2. The van der Waals surface area contributed by atoms with Crippen molar-refractivity contribution < 1.29 is 9.59 Å². The van der Waals surface area contributed by atoms with Gasteiger partial charge in [-0.25, -0.2) is 0 Å². The fraction of sp³-hybridized carbons (Fsp3) is 0.467. The Morgan fingerprint density at radius 3 is 2.81 bits per heavy atom. The van der Waals surface area contributed by atoms with Gasteiger partial charge < -0.3 is 10.2 Å². The molecular formula is C15H18Cl2N2O2. The fourth-order valence-corrected chi connectivity index (χ4v) is 2.63. The summed E-state index contributed by atoms with van der Waals surface area (Å²) >= 11 is 11.8. The van der Waals surface area contributed by atoms with Crippen molar-refractivity contribution in [3.63, 3.8) is 0 Å². The first-order chi connectivity index (χ1) is 10.1. The third kappa shape index (κ3) is 4.90. The van der Waals surface area contributed by atoms with Crippen LogP contribution in [0.2, 0.25) is 10.0 Å². The second-order valence-corrected chi connectivity index (χ2v) is 5.90. The quantitative estimate of drug-likeness (QED) is 0.923. The van der Waals surface area contributed by atoms with Crippen molar-refractivity contribution in [1.29, 1.82) is 0 Å². The predicted octanol–water partition coefficient (Wildman–Crippen LogP) is 2.66. The van der Waals surface area contributed by atoms with Crippen LogP contribution in [-0.4, -0.2) is 36.3 Å². The van der Waals surface area contributed by atoms with Crippen LogP contribution in [0.1, 0.15) is 24.8 Å². The lowest BCUT2D eigenvalue weighted by atomic mass is 10.1. The summed E-state index contributed by atoms with van der Waals surface area (Å²) in [5, 5.41) is 3.84. The monoisotopic (exact) mass is 328 g/mol. The van der Waals surface area contributed by atoms with Crippen molar-refractivity contribution in [2.24, 2.45) is 0 Å². The maximum Gasteiger partial charge on any atom is 0.222 e. The Hall–Kier alpha value is -1.26. The average Bonchev–Trinajstić information content (AvgIpc) is 2.67. The molecule has 1 heterocycles. The third-order valence-electron chi connectivity index (χ3n) is 3.51. The lowest BCUT2D eigenvalue weighted by molar-refractivity contribution is -0.131. The van der Waals surface area contributed by atoms with Crippen molar-refractivity contribution in [3.05, 3.63) is 33.8 Å². The summed E-state index contributed by atoms with van der Waals surface area (Å²) in [7, 11) is 0. The summed E-state index contributed by atoms with van der Waals surface area (Å²) in [5.74, 6) is 0.118. The second kappa shape index (κ2) is 7.66. The first-order valence-electron chi connectivity index (χ1n) is 7.04. The van der Waals surface area contributed by atoms with E-state index in [1.807, 2.05) is 12.1 Å². The molecule has 1 N–H and O–H groups in total. The molecule has 0 aromatic heterocycles. The zero-order chi connectivity index (χ0) is 15.2. The number of aryl methyl sites for hydroxylation is 1. The summed E-state index contributed by atoms with van der Waals surface area (Å²) < 4.78 is 0. The van der Waals surface area contributed by atoms with Crippen LogP contribution in [0.5, 0.6) is 0 Å². The van der Waals surface area contributed by atoms with E-state index in [9.17, 15) is 9.59 Å². The van der Waals surface area contributed by atoms with Crippen LogP contribution in [0.3, 0.4) is 0 Å².